The number of ether oxygens (including phenoxy) is 1. The van der Waals surface area contributed by atoms with E-state index in [1.165, 1.54) is 69.6 Å². The van der Waals surface area contributed by atoms with Crippen molar-refractivity contribution in [1.29, 1.82) is 0 Å². The Hall–Kier alpha value is -8.90. The third-order valence-corrected chi connectivity index (χ3v) is 17.3. The Morgan fingerprint density at radius 3 is 1.19 bits per heavy atom. The van der Waals surface area contributed by atoms with Crippen LogP contribution >= 0.6 is 0 Å². The minimum atomic E-state index is -6.30. The number of carbonyl (C=O) groups is 12. The molecule has 0 saturated carbocycles. The van der Waals surface area contributed by atoms with Gasteiger partial charge in [0.15, 0.2) is 0 Å². The highest BCUT2D eigenvalue weighted by Crippen LogP contribution is 2.57. The van der Waals surface area contributed by atoms with Crippen LogP contribution in [0.2, 0.25) is 0 Å². The first-order chi connectivity index (χ1) is 39.1. The molecular weight excluding hydrogens is 1100 g/mol. The first-order valence-corrected chi connectivity index (χ1v) is 26.5. The van der Waals surface area contributed by atoms with Crippen LogP contribution in [-0.4, -0.2) is 124 Å². The van der Waals surface area contributed by atoms with Gasteiger partial charge in [-0.2, -0.15) is 26.3 Å². The molecule has 8 atom stereocenters. The lowest BCUT2D eigenvalue weighted by molar-refractivity contribution is -0.288. The van der Waals surface area contributed by atoms with Crippen LogP contribution in [0.4, 0.5) is 37.7 Å². The summed E-state index contributed by atoms with van der Waals surface area (Å²) in [5.74, 6) is -18.8. The van der Waals surface area contributed by atoms with Gasteiger partial charge >= 0.3 is 12.4 Å². The second kappa shape index (κ2) is 20.2. The van der Waals surface area contributed by atoms with Gasteiger partial charge in [0.05, 0.1) is 81.0 Å². The van der Waals surface area contributed by atoms with Gasteiger partial charge in [-0.25, -0.2) is 4.90 Å². The quantitative estimate of drug-likeness (QED) is 0.0911. The molecule has 12 amide bonds. The number of benzene rings is 4. The number of rotatable bonds is 14. The Morgan fingerprint density at radius 1 is 0.386 bits per heavy atom. The molecule has 4 aromatic rings. The summed E-state index contributed by atoms with van der Waals surface area (Å²) in [5.41, 5.74) is -11.3. The predicted octanol–water partition coefficient (Wildman–Crippen LogP) is 7.05. The summed E-state index contributed by atoms with van der Waals surface area (Å²) in [4.78, 5) is 167. The van der Waals surface area contributed by atoms with Crippen molar-refractivity contribution in [3.63, 3.8) is 0 Å². The first kappa shape index (κ1) is 57.3. The zero-order chi connectivity index (χ0) is 60.4. The van der Waals surface area contributed by atoms with Crippen LogP contribution < -0.4 is 14.5 Å². The molecule has 4 saturated heterocycles. The van der Waals surface area contributed by atoms with Gasteiger partial charge in [-0.3, -0.25) is 82.0 Å². The van der Waals surface area contributed by atoms with E-state index < -0.39 is 176 Å². The van der Waals surface area contributed by atoms with Crippen molar-refractivity contribution in [3.8, 4) is 11.5 Å². The summed E-state index contributed by atoms with van der Waals surface area (Å²) >= 11 is 0. The summed E-state index contributed by atoms with van der Waals surface area (Å²) in [6.45, 7) is 5.44. The van der Waals surface area contributed by atoms with Crippen LogP contribution in [0.25, 0.3) is 0 Å². The van der Waals surface area contributed by atoms with Crippen molar-refractivity contribution in [2.45, 2.75) is 71.1 Å². The number of anilines is 2. The number of fused-ring (bicyclic) bond motifs is 2. The number of imide groups is 6. The molecule has 432 valence electrons. The van der Waals surface area contributed by atoms with Gasteiger partial charge in [-0.05, 0) is 110 Å². The molecule has 6 aliphatic heterocycles. The fourth-order valence-electron chi connectivity index (χ4n) is 13.0. The molecular formula is C58H50F6N6O13. The van der Waals surface area contributed by atoms with Gasteiger partial charge in [0.25, 0.3) is 23.6 Å². The van der Waals surface area contributed by atoms with Gasteiger partial charge in [0, 0.05) is 14.1 Å². The lowest BCUT2D eigenvalue weighted by atomic mass is 9.71. The number of hydrogen-bond donors (Lipinski definition) is 0. The highest BCUT2D eigenvalue weighted by molar-refractivity contribution is 6.34. The second-order valence-corrected chi connectivity index (χ2v) is 21.2. The molecule has 0 aromatic heterocycles. The summed E-state index contributed by atoms with van der Waals surface area (Å²) < 4.78 is 99.9. The van der Waals surface area contributed by atoms with Crippen LogP contribution in [0.15, 0.2) is 84.9 Å². The van der Waals surface area contributed by atoms with Crippen LogP contribution in [0.5, 0.6) is 11.5 Å². The van der Waals surface area contributed by atoms with Crippen LogP contribution in [-0.2, 0) is 43.8 Å². The van der Waals surface area contributed by atoms with Gasteiger partial charge < -0.3 is 4.74 Å². The maximum atomic E-state index is 15.7. The largest absolute Gasteiger partial charge is 0.457 e. The van der Waals surface area contributed by atoms with Crippen molar-refractivity contribution in [2.75, 3.05) is 30.6 Å². The van der Waals surface area contributed by atoms with Gasteiger partial charge in [-0.1, -0.05) is 39.8 Å². The number of likely N-dealkylation sites (tertiary alicyclic amines) is 3. The number of hydrogen-bond acceptors (Lipinski definition) is 13. The molecule has 0 radical (unpaired) electrons. The van der Waals surface area contributed by atoms with E-state index in [1.54, 1.807) is 20.8 Å². The number of halogens is 6. The van der Waals surface area contributed by atoms with Crippen LogP contribution in [0.1, 0.15) is 106 Å². The van der Waals surface area contributed by atoms with E-state index in [0.29, 0.717) is 39.0 Å². The molecule has 4 aromatic carbocycles. The predicted molar refractivity (Wildman–Crippen MR) is 274 cm³/mol. The lowest BCUT2D eigenvalue weighted by Gasteiger charge is -2.38. The SMILES string of the molecule is CCC1C(=O)N(C)C(=O)C1C1C(=O)N(CN2C(=O)c3ccc(C(c4ccc5c(c4)C(=O)N(c4ccc(Oc6ccc(N7C(=O)C(CC)C(C8C(=O)N(C)C(=O)C8CC)C7=O)cc6)cc4)C5=O)(C(F)(F)F)C(F)(F)F)cc3C2=O)C(=O)C1CC. The topological polar surface area (TPSA) is 234 Å². The third kappa shape index (κ3) is 8.29. The van der Waals surface area contributed by atoms with Gasteiger partial charge in [0.2, 0.25) is 52.7 Å². The molecule has 8 unspecified atom stereocenters. The Kier molecular flexibility index (Phi) is 14.0. The van der Waals surface area contributed by atoms with Crippen LogP contribution in [0, 0.1) is 47.3 Å². The van der Waals surface area contributed by atoms with Crippen molar-refractivity contribution in [3.05, 3.63) is 118 Å². The Labute approximate surface area is 468 Å². The molecule has 6 heterocycles. The zero-order valence-corrected chi connectivity index (χ0v) is 45.0. The minimum absolute atomic E-state index is 0.0229. The molecule has 0 bridgehead atoms. The summed E-state index contributed by atoms with van der Waals surface area (Å²) in [5, 5.41) is 0. The Balaban J connectivity index is 0.878. The molecule has 25 heteroatoms. The summed E-state index contributed by atoms with van der Waals surface area (Å²) in [6, 6.07) is 13.1. The van der Waals surface area contributed by atoms with Crippen molar-refractivity contribution in [2.24, 2.45) is 47.3 Å². The van der Waals surface area contributed by atoms with E-state index in [4.69, 9.17) is 4.74 Å². The number of nitrogens with zero attached hydrogens (tertiary/aromatic N) is 6. The van der Waals surface area contributed by atoms with Crippen molar-refractivity contribution >= 4 is 82.3 Å². The molecule has 4 fully saturated rings. The van der Waals surface area contributed by atoms with Crippen molar-refractivity contribution in [1.82, 2.24) is 19.6 Å². The normalized spacial score (nSPS) is 25.0. The fraction of sp³-hybridized carbons (Fsp3) is 0.379. The van der Waals surface area contributed by atoms with E-state index in [1.807, 2.05) is 0 Å². The summed E-state index contributed by atoms with van der Waals surface area (Å²) in [7, 11) is 2.56. The number of alkyl halides is 6. The van der Waals surface area contributed by atoms with E-state index in [0.717, 1.165) is 14.7 Å². The average molecular weight is 1150 g/mol. The first-order valence-electron chi connectivity index (χ1n) is 26.5. The summed E-state index contributed by atoms with van der Waals surface area (Å²) in [6.07, 6.45) is -12.0. The molecule has 0 N–H and O–H groups in total. The van der Waals surface area contributed by atoms with Gasteiger partial charge in [0.1, 0.15) is 18.2 Å². The van der Waals surface area contributed by atoms with E-state index >= 15 is 26.3 Å². The van der Waals surface area contributed by atoms with Crippen LogP contribution in [0.3, 0.4) is 0 Å². The second-order valence-electron chi connectivity index (χ2n) is 21.2. The molecule has 6 aliphatic rings. The third-order valence-electron chi connectivity index (χ3n) is 17.3. The average Bonchev–Trinajstić information content (AvgIpc) is 1.95. The monoisotopic (exact) mass is 1150 g/mol. The maximum absolute atomic E-state index is 15.7. The highest BCUT2D eigenvalue weighted by atomic mass is 19.4. The standard InChI is InChI=1S/C58H50F6N6O13/c1-7-32-40(52(79)65(5)44(32)71)42-34(9-3)46(73)68(54(42)81)25-67-47(74)36-21-11-26(23-38(36)48(67)75)56(57(59,60)61,58(62,63)64)27-12-22-37-39(24-27)51(78)69(50(37)77)28-13-17-30(18-14-28)83-31-19-15-29(16-20-31)70-49(76)35(10-4)43(55(70)82)41-33(8-2)45(72)66(6)53(41)80/h11-24,32-35,40-43H,7-10,25H2,1-6H3. The molecule has 0 aliphatic carbocycles. The minimum Gasteiger partial charge on any atom is -0.457 e. The number of carbonyl (C=O) groups excluding carboxylic acids is 12. The van der Waals surface area contributed by atoms with Crippen molar-refractivity contribution < 1.29 is 88.6 Å². The fourth-order valence-corrected chi connectivity index (χ4v) is 13.0. The Morgan fingerprint density at radius 2 is 0.747 bits per heavy atom. The lowest BCUT2D eigenvalue weighted by Crippen LogP contribution is -2.55. The number of amides is 12. The highest BCUT2D eigenvalue weighted by Gasteiger charge is 2.73. The molecule has 10 rings (SSSR count). The van der Waals surface area contributed by atoms with E-state index in [-0.39, 0.29) is 60.7 Å². The Bertz CT molecular complexity index is 3550. The maximum Gasteiger partial charge on any atom is 0.411 e. The smallest absolute Gasteiger partial charge is 0.411 e. The zero-order valence-electron chi connectivity index (χ0n) is 45.0. The molecule has 0 spiro atoms. The van der Waals surface area contributed by atoms with E-state index in [9.17, 15) is 57.5 Å². The van der Waals surface area contributed by atoms with E-state index in [2.05, 4.69) is 0 Å². The van der Waals surface area contributed by atoms with Gasteiger partial charge in [-0.15, -0.1) is 0 Å². The molecule has 83 heavy (non-hydrogen) atoms. The molecule has 19 nitrogen and oxygen atoms in total.